The van der Waals surface area contributed by atoms with Gasteiger partial charge in [-0.2, -0.15) is 0 Å². The molecule has 1 unspecified atom stereocenters. The second-order valence-electron chi connectivity index (χ2n) is 17.7. The highest BCUT2D eigenvalue weighted by atomic mass is 16.6. The molecule has 0 N–H and O–H groups in total. The van der Waals surface area contributed by atoms with Gasteiger partial charge in [-0.3, -0.25) is 14.4 Å². The van der Waals surface area contributed by atoms with Crippen LogP contribution in [0.2, 0.25) is 0 Å². The van der Waals surface area contributed by atoms with Gasteiger partial charge in [0, 0.05) is 19.3 Å². The molecule has 0 radical (unpaired) electrons. The Bertz CT molecular complexity index is 1270. The third-order valence-electron chi connectivity index (χ3n) is 11.4. The predicted octanol–water partition coefficient (Wildman–Crippen LogP) is 18.0. The molecule has 6 nitrogen and oxygen atoms in total. The van der Waals surface area contributed by atoms with Gasteiger partial charge in [0.15, 0.2) is 6.10 Å². The van der Waals surface area contributed by atoms with Gasteiger partial charge in [-0.15, -0.1) is 0 Å². The van der Waals surface area contributed by atoms with Gasteiger partial charge in [0.05, 0.1) is 0 Å². The van der Waals surface area contributed by atoms with E-state index in [9.17, 15) is 14.4 Å². The minimum Gasteiger partial charge on any atom is -0.462 e. The average Bonchev–Trinajstić information content (AvgIpc) is 3.30. The van der Waals surface area contributed by atoms with Gasteiger partial charge in [0.1, 0.15) is 13.2 Å². The molecule has 0 rings (SSSR count). The first-order valence-electron chi connectivity index (χ1n) is 27.1. The highest BCUT2D eigenvalue weighted by Crippen LogP contribution is 2.15. The summed E-state index contributed by atoms with van der Waals surface area (Å²) in [5.41, 5.74) is 0. The molecular weight excluding hydrogens is 805 g/mol. The van der Waals surface area contributed by atoms with Crippen LogP contribution >= 0.6 is 0 Å². The van der Waals surface area contributed by atoms with Crippen LogP contribution in [0.25, 0.3) is 0 Å². The Hall–Kier alpha value is -3.41. The quantitative estimate of drug-likeness (QED) is 0.0262. The van der Waals surface area contributed by atoms with Crippen LogP contribution in [0.4, 0.5) is 0 Å². The SMILES string of the molecule is CC/C=C\C/C=C\C/C=C\CCCCCCCCCCCC(=O)OCC(COC(=O)CCC/C=C\CCCCCC)OC(=O)CCCCCCCCCCC/C=C\C/C=C\C/C=C\CC. The molecule has 0 saturated heterocycles. The van der Waals surface area contributed by atoms with Crippen LogP contribution in [0.15, 0.2) is 85.1 Å². The summed E-state index contributed by atoms with van der Waals surface area (Å²) in [6, 6.07) is 0. The van der Waals surface area contributed by atoms with Gasteiger partial charge in [-0.25, -0.2) is 0 Å². The smallest absolute Gasteiger partial charge is 0.306 e. The number of esters is 3. The first-order chi connectivity index (χ1) is 32.0. The lowest BCUT2D eigenvalue weighted by Gasteiger charge is -2.18. The van der Waals surface area contributed by atoms with Crippen molar-refractivity contribution in [1.82, 2.24) is 0 Å². The van der Waals surface area contributed by atoms with E-state index in [1.807, 2.05) is 0 Å². The third-order valence-corrected chi connectivity index (χ3v) is 11.4. The summed E-state index contributed by atoms with van der Waals surface area (Å²) < 4.78 is 16.8. The van der Waals surface area contributed by atoms with E-state index in [-0.39, 0.29) is 31.1 Å². The van der Waals surface area contributed by atoms with Crippen LogP contribution in [0.5, 0.6) is 0 Å². The fourth-order valence-corrected chi connectivity index (χ4v) is 7.36. The number of rotatable bonds is 48. The number of unbranched alkanes of at least 4 members (excludes halogenated alkanes) is 23. The first kappa shape index (κ1) is 61.6. The summed E-state index contributed by atoms with van der Waals surface area (Å²) in [5.74, 6) is -0.936. The van der Waals surface area contributed by atoms with Crippen LogP contribution in [-0.2, 0) is 28.6 Å². The first-order valence-corrected chi connectivity index (χ1v) is 27.1. The largest absolute Gasteiger partial charge is 0.462 e. The monoisotopic (exact) mass is 905 g/mol. The van der Waals surface area contributed by atoms with Crippen molar-refractivity contribution < 1.29 is 28.6 Å². The Kier molecular flexibility index (Phi) is 50.4. The number of hydrogen-bond acceptors (Lipinski definition) is 6. The van der Waals surface area contributed by atoms with E-state index < -0.39 is 6.10 Å². The van der Waals surface area contributed by atoms with E-state index in [1.54, 1.807) is 0 Å². The molecule has 0 amide bonds. The number of carbonyl (C=O) groups excluding carboxylic acids is 3. The molecule has 0 saturated carbocycles. The molecular formula is C59H100O6. The minimum atomic E-state index is -0.792. The predicted molar refractivity (Wildman–Crippen MR) is 279 cm³/mol. The van der Waals surface area contributed by atoms with Gasteiger partial charge in [-0.05, 0) is 103 Å². The molecule has 6 heteroatoms. The summed E-state index contributed by atoms with van der Waals surface area (Å²) in [4.78, 5) is 38.0. The Labute approximate surface area is 401 Å². The Morgan fingerprint density at radius 1 is 0.323 bits per heavy atom. The topological polar surface area (TPSA) is 78.9 Å². The van der Waals surface area contributed by atoms with Crippen LogP contribution < -0.4 is 0 Å². The van der Waals surface area contributed by atoms with Gasteiger partial charge >= 0.3 is 17.9 Å². The van der Waals surface area contributed by atoms with Crippen molar-refractivity contribution in [2.24, 2.45) is 0 Å². The van der Waals surface area contributed by atoms with E-state index in [0.29, 0.717) is 25.7 Å². The highest BCUT2D eigenvalue weighted by molar-refractivity contribution is 5.71. The van der Waals surface area contributed by atoms with Crippen LogP contribution in [0, 0.1) is 0 Å². The van der Waals surface area contributed by atoms with Crippen molar-refractivity contribution in [3.63, 3.8) is 0 Å². The Balaban J connectivity index is 4.32. The zero-order valence-electron chi connectivity index (χ0n) is 42.5. The maximum absolute atomic E-state index is 12.8. The summed E-state index contributed by atoms with van der Waals surface area (Å²) in [5, 5.41) is 0. The Morgan fingerprint density at radius 3 is 1.02 bits per heavy atom. The van der Waals surface area contributed by atoms with Crippen molar-refractivity contribution in [3.05, 3.63) is 85.1 Å². The molecule has 372 valence electrons. The minimum absolute atomic E-state index is 0.0900. The molecule has 0 aromatic rings. The summed E-state index contributed by atoms with van der Waals surface area (Å²) in [7, 11) is 0. The van der Waals surface area contributed by atoms with Crippen molar-refractivity contribution >= 4 is 17.9 Å². The van der Waals surface area contributed by atoms with Crippen molar-refractivity contribution in [2.75, 3.05) is 13.2 Å². The zero-order valence-corrected chi connectivity index (χ0v) is 42.5. The summed E-state index contributed by atoms with van der Waals surface area (Å²) in [6.45, 7) is 6.36. The average molecular weight is 905 g/mol. The fraction of sp³-hybridized carbons (Fsp3) is 0.712. The molecule has 0 aliphatic rings. The lowest BCUT2D eigenvalue weighted by Crippen LogP contribution is -2.30. The van der Waals surface area contributed by atoms with Crippen LogP contribution in [0.3, 0.4) is 0 Å². The standard InChI is InChI=1S/C59H100O6/c1-4-7-10-13-16-19-21-23-25-27-29-31-33-35-37-40-43-46-49-52-58(61)64-55-56(54-63-57(60)51-48-45-42-39-18-15-12-9-6-3)65-59(62)53-50-47-44-41-38-36-34-32-30-28-26-24-22-20-17-14-11-8-5-2/h7-8,10-11,16-17,19-20,23-26,39,42,56H,4-6,9,12-15,18,21-22,27-38,40-41,43-55H2,1-3H3/b10-7-,11-8-,19-16-,20-17-,25-23-,26-24-,42-39-. The van der Waals surface area contributed by atoms with E-state index in [1.165, 1.54) is 116 Å². The maximum Gasteiger partial charge on any atom is 0.306 e. The van der Waals surface area contributed by atoms with Crippen molar-refractivity contribution in [2.45, 2.75) is 258 Å². The van der Waals surface area contributed by atoms with Gasteiger partial charge in [0.2, 0.25) is 0 Å². The normalized spacial score (nSPS) is 12.7. The van der Waals surface area contributed by atoms with Crippen molar-refractivity contribution in [1.29, 1.82) is 0 Å². The highest BCUT2D eigenvalue weighted by Gasteiger charge is 2.19. The molecule has 0 aromatic carbocycles. The number of carbonyl (C=O) groups is 3. The van der Waals surface area contributed by atoms with Crippen LogP contribution in [0.1, 0.15) is 252 Å². The fourth-order valence-electron chi connectivity index (χ4n) is 7.36. The Morgan fingerprint density at radius 2 is 0.615 bits per heavy atom. The van der Waals surface area contributed by atoms with E-state index in [2.05, 4.69) is 106 Å². The summed E-state index contributed by atoms with van der Waals surface area (Å²) >= 11 is 0. The third kappa shape index (κ3) is 51.4. The second kappa shape index (κ2) is 53.2. The van der Waals surface area contributed by atoms with E-state index >= 15 is 0 Å². The number of hydrogen-bond donors (Lipinski definition) is 0. The molecule has 0 heterocycles. The van der Waals surface area contributed by atoms with Crippen molar-refractivity contribution in [3.8, 4) is 0 Å². The lowest BCUT2D eigenvalue weighted by atomic mass is 10.1. The number of allylic oxidation sites excluding steroid dienone is 14. The lowest BCUT2D eigenvalue weighted by molar-refractivity contribution is -0.167. The number of ether oxygens (including phenoxy) is 3. The molecule has 0 aliphatic carbocycles. The van der Waals surface area contributed by atoms with Gasteiger partial charge < -0.3 is 14.2 Å². The van der Waals surface area contributed by atoms with Gasteiger partial charge in [0.25, 0.3) is 0 Å². The van der Waals surface area contributed by atoms with Crippen LogP contribution in [-0.4, -0.2) is 37.2 Å². The molecule has 0 bridgehead atoms. The van der Waals surface area contributed by atoms with E-state index in [4.69, 9.17) is 14.2 Å². The van der Waals surface area contributed by atoms with Gasteiger partial charge in [-0.1, -0.05) is 215 Å². The van der Waals surface area contributed by atoms with E-state index in [0.717, 1.165) is 89.9 Å². The maximum atomic E-state index is 12.8. The summed E-state index contributed by atoms with van der Waals surface area (Å²) in [6.07, 6.45) is 68.7. The molecule has 0 aromatic heterocycles. The molecule has 0 fully saturated rings. The molecule has 65 heavy (non-hydrogen) atoms. The zero-order chi connectivity index (χ0) is 47.2. The second-order valence-corrected chi connectivity index (χ2v) is 17.7. The molecule has 0 spiro atoms. The molecule has 0 aliphatic heterocycles. The molecule has 1 atom stereocenters.